The molecule has 1 aromatic heterocycles. The third-order valence-corrected chi connectivity index (χ3v) is 5.31. The average molecular weight is 301 g/mol. The molecule has 3 nitrogen and oxygen atoms in total. The highest BCUT2D eigenvalue weighted by molar-refractivity contribution is 7.07. The minimum absolute atomic E-state index is 0. The summed E-state index contributed by atoms with van der Waals surface area (Å²) < 4.78 is 0. The Balaban J connectivity index is 0.00000133. The number of hydrogen-bond donors (Lipinski definition) is 2. The van der Waals surface area contributed by atoms with E-state index in [4.69, 9.17) is 5.73 Å². The van der Waals surface area contributed by atoms with Gasteiger partial charge in [-0.2, -0.15) is 11.3 Å². The van der Waals surface area contributed by atoms with E-state index in [-0.39, 0.29) is 30.3 Å². The van der Waals surface area contributed by atoms with Crippen LogP contribution in [0.1, 0.15) is 24.8 Å². The van der Waals surface area contributed by atoms with Gasteiger partial charge in [0.1, 0.15) is 0 Å². The number of amides is 1. The molecule has 0 spiro atoms. The normalized spacial score (nSPS) is 32.1. The van der Waals surface area contributed by atoms with Gasteiger partial charge in [0.05, 0.1) is 5.92 Å². The standard InChI is InChI=1S/C14H20N2OS.ClH/c15-13-11-2-1-10(7-11)12(13)14(17)16-5-3-9-4-6-18-8-9;/h4,6,8,10-13H,1-3,5,7,15H2,(H,16,17);1H. The molecular formula is C14H21ClN2OS. The second kappa shape index (κ2) is 6.25. The Hall–Kier alpha value is -0.580. The Labute approximate surface area is 124 Å². The fourth-order valence-electron chi connectivity index (χ4n) is 3.61. The van der Waals surface area contributed by atoms with Gasteiger partial charge in [-0.3, -0.25) is 4.79 Å². The van der Waals surface area contributed by atoms with E-state index in [0.29, 0.717) is 11.8 Å². The van der Waals surface area contributed by atoms with Gasteiger partial charge in [0, 0.05) is 12.6 Å². The van der Waals surface area contributed by atoms with Crippen molar-refractivity contribution in [2.24, 2.45) is 23.5 Å². The zero-order chi connectivity index (χ0) is 12.5. The van der Waals surface area contributed by atoms with Gasteiger partial charge in [-0.15, -0.1) is 12.4 Å². The molecule has 2 aliphatic carbocycles. The molecular weight excluding hydrogens is 280 g/mol. The first-order chi connectivity index (χ1) is 8.75. The van der Waals surface area contributed by atoms with Crippen LogP contribution >= 0.6 is 23.7 Å². The van der Waals surface area contributed by atoms with E-state index < -0.39 is 0 Å². The summed E-state index contributed by atoms with van der Waals surface area (Å²) >= 11 is 1.70. The van der Waals surface area contributed by atoms with Gasteiger partial charge in [-0.1, -0.05) is 0 Å². The van der Waals surface area contributed by atoms with E-state index in [2.05, 4.69) is 22.1 Å². The zero-order valence-electron chi connectivity index (χ0n) is 10.9. The molecule has 19 heavy (non-hydrogen) atoms. The molecule has 2 fully saturated rings. The number of halogens is 1. The van der Waals surface area contributed by atoms with Gasteiger partial charge in [0.25, 0.3) is 0 Å². The summed E-state index contributed by atoms with van der Waals surface area (Å²) in [6.07, 6.45) is 4.51. The van der Waals surface area contributed by atoms with Crippen LogP contribution in [-0.4, -0.2) is 18.5 Å². The third kappa shape index (κ3) is 2.96. The lowest BCUT2D eigenvalue weighted by atomic mass is 9.84. The van der Waals surface area contributed by atoms with Crippen molar-refractivity contribution < 1.29 is 4.79 Å². The lowest BCUT2D eigenvalue weighted by Crippen LogP contribution is -2.45. The maximum atomic E-state index is 12.2. The van der Waals surface area contributed by atoms with E-state index in [1.54, 1.807) is 11.3 Å². The first-order valence-corrected chi connectivity index (χ1v) is 7.74. The van der Waals surface area contributed by atoms with Gasteiger partial charge in [0.15, 0.2) is 0 Å². The smallest absolute Gasteiger partial charge is 0.224 e. The molecule has 1 heterocycles. The van der Waals surface area contributed by atoms with Crippen molar-refractivity contribution in [2.75, 3.05) is 6.54 Å². The van der Waals surface area contributed by atoms with Crippen LogP contribution in [0.4, 0.5) is 0 Å². The molecule has 2 saturated carbocycles. The van der Waals surface area contributed by atoms with Crippen LogP contribution in [0.25, 0.3) is 0 Å². The van der Waals surface area contributed by atoms with E-state index in [1.807, 2.05) is 0 Å². The van der Waals surface area contributed by atoms with Crippen molar-refractivity contribution in [1.82, 2.24) is 5.32 Å². The van der Waals surface area contributed by atoms with E-state index in [1.165, 1.54) is 24.8 Å². The van der Waals surface area contributed by atoms with Crippen molar-refractivity contribution in [1.29, 1.82) is 0 Å². The molecule has 2 aliphatic rings. The van der Waals surface area contributed by atoms with Gasteiger partial charge >= 0.3 is 0 Å². The molecule has 4 unspecified atom stereocenters. The molecule has 3 N–H and O–H groups in total. The molecule has 3 rings (SSSR count). The maximum absolute atomic E-state index is 12.2. The zero-order valence-corrected chi connectivity index (χ0v) is 12.5. The van der Waals surface area contributed by atoms with Crippen LogP contribution < -0.4 is 11.1 Å². The van der Waals surface area contributed by atoms with E-state index in [9.17, 15) is 4.79 Å². The predicted molar refractivity (Wildman–Crippen MR) is 80.6 cm³/mol. The second-order valence-corrected chi connectivity index (χ2v) is 6.39. The Morgan fingerprint density at radius 2 is 2.21 bits per heavy atom. The van der Waals surface area contributed by atoms with Crippen molar-refractivity contribution in [3.05, 3.63) is 22.4 Å². The van der Waals surface area contributed by atoms with Gasteiger partial charge < -0.3 is 11.1 Å². The molecule has 0 radical (unpaired) electrons. The minimum atomic E-state index is 0. The van der Waals surface area contributed by atoms with Crippen LogP contribution in [0.3, 0.4) is 0 Å². The number of rotatable bonds is 4. The molecule has 0 aliphatic heterocycles. The Morgan fingerprint density at radius 1 is 1.42 bits per heavy atom. The number of carbonyl (C=O) groups excluding carboxylic acids is 1. The maximum Gasteiger partial charge on any atom is 0.224 e. The summed E-state index contributed by atoms with van der Waals surface area (Å²) in [5, 5.41) is 7.27. The Bertz CT molecular complexity index is 421. The van der Waals surface area contributed by atoms with Crippen LogP contribution in [0, 0.1) is 17.8 Å². The monoisotopic (exact) mass is 300 g/mol. The summed E-state index contributed by atoms with van der Waals surface area (Å²) in [6, 6.07) is 2.21. The molecule has 1 aromatic rings. The average Bonchev–Trinajstić information content (AvgIpc) is 3.03. The lowest BCUT2D eigenvalue weighted by Gasteiger charge is -2.26. The summed E-state index contributed by atoms with van der Waals surface area (Å²) in [7, 11) is 0. The van der Waals surface area contributed by atoms with Gasteiger partial charge in [-0.25, -0.2) is 0 Å². The van der Waals surface area contributed by atoms with Gasteiger partial charge in [-0.05, 0) is 59.9 Å². The van der Waals surface area contributed by atoms with Crippen molar-refractivity contribution in [3.63, 3.8) is 0 Å². The van der Waals surface area contributed by atoms with Crippen molar-refractivity contribution in [3.8, 4) is 0 Å². The quantitative estimate of drug-likeness (QED) is 0.896. The molecule has 2 bridgehead atoms. The number of hydrogen-bond acceptors (Lipinski definition) is 3. The highest BCUT2D eigenvalue weighted by Gasteiger charge is 2.48. The van der Waals surface area contributed by atoms with E-state index in [0.717, 1.165) is 13.0 Å². The molecule has 0 aromatic carbocycles. The summed E-state index contributed by atoms with van der Waals surface area (Å²) in [6.45, 7) is 0.732. The van der Waals surface area contributed by atoms with Crippen molar-refractivity contribution in [2.45, 2.75) is 31.7 Å². The largest absolute Gasteiger partial charge is 0.355 e. The van der Waals surface area contributed by atoms with Crippen LogP contribution in [0.15, 0.2) is 16.8 Å². The number of carbonyl (C=O) groups is 1. The molecule has 0 saturated heterocycles. The highest BCUT2D eigenvalue weighted by atomic mass is 35.5. The topological polar surface area (TPSA) is 55.1 Å². The van der Waals surface area contributed by atoms with Crippen LogP contribution in [-0.2, 0) is 11.2 Å². The minimum Gasteiger partial charge on any atom is -0.355 e. The predicted octanol–water partition coefficient (Wildman–Crippen LogP) is 2.20. The summed E-state index contributed by atoms with van der Waals surface area (Å²) in [4.78, 5) is 12.2. The molecule has 5 heteroatoms. The third-order valence-electron chi connectivity index (χ3n) is 4.58. The number of nitrogens with one attached hydrogen (secondary N) is 1. The lowest BCUT2D eigenvalue weighted by molar-refractivity contribution is -0.127. The fourth-order valence-corrected chi connectivity index (χ4v) is 4.31. The summed E-state index contributed by atoms with van der Waals surface area (Å²) in [5.74, 6) is 1.41. The van der Waals surface area contributed by atoms with Crippen molar-refractivity contribution >= 4 is 29.7 Å². The fraction of sp³-hybridized carbons (Fsp3) is 0.643. The van der Waals surface area contributed by atoms with Crippen LogP contribution in [0.5, 0.6) is 0 Å². The number of fused-ring (bicyclic) bond motifs is 2. The first-order valence-electron chi connectivity index (χ1n) is 6.80. The molecule has 4 atom stereocenters. The second-order valence-electron chi connectivity index (χ2n) is 5.61. The Morgan fingerprint density at radius 3 is 2.84 bits per heavy atom. The number of nitrogens with two attached hydrogens (primary N) is 1. The highest BCUT2D eigenvalue weighted by Crippen LogP contribution is 2.47. The van der Waals surface area contributed by atoms with E-state index >= 15 is 0 Å². The van der Waals surface area contributed by atoms with Gasteiger partial charge in [0.2, 0.25) is 5.91 Å². The SMILES string of the molecule is Cl.NC1C2CCC(C2)C1C(=O)NCCc1ccsc1. The first kappa shape index (κ1) is 14.8. The summed E-state index contributed by atoms with van der Waals surface area (Å²) in [5.41, 5.74) is 7.48. The van der Waals surface area contributed by atoms with Crippen LogP contribution in [0.2, 0.25) is 0 Å². The molecule has 106 valence electrons. The molecule has 1 amide bonds. The Kier molecular flexibility index (Phi) is 4.87. The number of thiophene rings is 1.